The maximum Gasteiger partial charge on any atom is 0.355 e. The third-order valence-corrected chi connectivity index (χ3v) is 2.87. The molecule has 0 fully saturated rings. The van der Waals surface area contributed by atoms with E-state index in [0.717, 1.165) is 5.56 Å². The maximum atomic E-state index is 12.0. The number of carbonyl (C=O) groups is 2. The summed E-state index contributed by atoms with van der Waals surface area (Å²) in [5, 5.41) is 8.48. The lowest BCUT2D eigenvalue weighted by molar-refractivity contribution is -0.118. The Hall–Kier alpha value is -2.87. The van der Waals surface area contributed by atoms with Crippen LogP contribution < -0.4 is 0 Å². The molecular weight excluding hydrogens is 268 g/mol. The van der Waals surface area contributed by atoms with Crippen molar-refractivity contribution in [2.45, 2.75) is 19.6 Å². The van der Waals surface area contributed by atoms with Crippen LogP contribution in [-0.2, 0) is 22.7 Å². The predicted molar refractivity (Wildman–Crippen MR) is 75.2 cm³/mol. The van der Waals surface area contributed by atoms with E-state index in [-0.39, 0.29) is 25.4 Å². The summed E-state index contributed by atoms with van der Waals surface area (Å²) >= 11 is 0. The normalized spacial score (nSPS) is 9.86. The minimum Gasteiger partial charge on any atom is -0.456 e. The van der Waals surface area contributed by atoms with Gasteiger partial charge in [-0.05, 0) is 17.7 Å². The second-order valence-corrected chi connectivity index (χ2v) is 4.46. The summed E-state index contributed by atoms with van der Waals surface area (Å²) in [6, 6.07) is 14.4. The second kappa shape index (κ2) is 7.06. The minimum atomic E-state index is -0.492. The Kier molecular flexibility index (Phi) is 4.89. The fourth-order valence-electron chi connectivity index (χ4n) is 1.87. The molecule has 0 aliphatic heterocycles. The fraction of sp³-hybridized carbons (Fsp3) is 0.188. The van der Waals surface area contributed by atoms with E-state index in [1.807, 2.05) is 30.3 Å². The number of aromatic nitrogens is 1. The van der Waals surface area contributed by atoms with Gasteiger partial charge < -0.3 is 9.30 Å². The molecule has 1 heterocycles. The third kappa shape index (κ3) is 4.05. The lowest BCUT2D eigenvalue weighted by Crippen LogP contribution is -2.16. The van der Waals surface area contributed by atoms with Gasteiger partial charge in [0, 0.05) is 6.20 Å². The van der Waals surface area contributed by atoms with Crippen LogP contribution in [0.3, 0.4) is 0 Å². The van der Waals surface area contributed by atoms with Crippen molar-refractivity contribution in [3.63, 3.8) is 0 Å². The number of nitrogens with zero attached hydrogens (tertiary/aromatic N) is 2. The van der Waals surface area contributed by atoms with Gasteiger partial charge in [0.05, 0.1) is 19.0 Å². The first kappa shape index (κ1) is 14.5. The van der Waals surface area contributed by atoms with Crippen molar-refractivity contribution in [3.8, 4) is 6.07 Å². The Bertz CT molecular complexity index is 668. The number of ether oxygens (including phenoxy) is 1. The number of carbonyl (C=O) groups excluding carboxylic acids is 2. The van der Waals surface area contributed by atoms with Crippen molar-refractivity contribution in [2.24, 2.45) is 0 Å². The SMILES string of the molecule is N#CCC(=O)Cn1cccc1C(=O)OCc1ccccc1. The molecule has 2 aromatic rings. The van der Waals surface area contributed by atoms with Crippen molar-refractivity contribution in [3.05, 3.63) is 59.9 Å². The average Bonchev–Trinajstić information content (AvgIpc) is 2.94. The molecule has 0 unspecified atom stereocenters. The summed E-state index contributed by atoms with van der Waals surface area (Å²) in [6.07, 6.45) is 1.45. The van der Waals surface area contributed by atoms with Crippen LogP contribution in [0.25, 0.3) is 0 Å². The molecular formula is C16H14N2O3. The Morgan fingerprint density at radius 1 is 1.14 bits per heavy atom. The number of benzene rings is 1. The zero-order chi connectivity index (χ0) is 15.1. The molecule has 21 heavy (non-hydrogen) atoms. The largest absolute Gasteiger partial charge is 0.456 e. The van der Waals surface area contributed by atoms with E-state index in [1.54, 1.807) is 24.4 Å². The number of hydrogen-bond donors (Lipinski definition) is 0. The Labute approximate surface area is 122 Å². The lowest BCUT2D eigenvalue weighted by Gasteiger charge is -2.08. The van der Waals surface area contributed by atoms with Gasteiger partial charge in [-0.25, -0.2) is 4.79 Å². The summed E-state index contributed by atoms with van der Waals surface area (Å²) < 4.78 is 6.71. The highest BCUT2D eigenvalue weighted by Crippen LogP contribution is 2.08. The summed E-state index contributed by atoms with van der Waals surface area (Å²) in [5.74, 6) is -0.737. The van der Waals surface area contributed by atoms with Crippen molar-refractivity contribution in [1.29, 1.82) is 5.26 Å². The summed E-state index contributed by atoms with van der Waals surface area (Å²) in [7, 11) is 0. The van der Waals surface area contributed by atoms with Gasteiger partial charge in [-0.15, -0.1) is 0 Å². The van der Waals surface area contributed by atoms with Crippen molar-refractivity contribution >= 4 is 11.8 Å². The zero-order valence-electron chi connectivity index (χ0n) is 11.4. The molecule has 0 radical (unpaired) electrons. The van der Waals surface area contributed by atoms with Gasteiger partial charge in [0.1, 0.15) is 12.3 Å². The molecule has 0 saturated carbocycles. The average molecular weight is 282 g/mol. The van der Waals surface area contributed by atoms with Gasteiger partial charge in [0.2, 0.25) is 0 Å². The highest BCUT2D eigenvalue weighted by Gasteiger charge is 2.14. The highest BCUT2D eigenvalue weighted by atomic mass is 16.5. The monoisotopic (exact) mass is 282 g/mol. The van der Waals surface area contributed by atoms with Crippen molar-refractivity contribution in [1.82, 2.24) is 4.57 Å². The lowest BCUT2D eigenvalue weighted by atomic mass is 10.2. The van der Waals surface area contributed by atoms with Crippen LogP contribution in [-0.4, -0.2) is 16.3 Å². The van der Waals surface area contributed by atoms with E-state index < -0.39 is 5.97 Å². The molecule has 5 nitrogen and oxygen atoms in total. The van der Waals surface area contributed by atoms with Gasteiger partial charge in [-0.1, -0.05) is 30.3 Å². The topological polar surface area (TPSA) is 72.1 Å². The van der Waals surface area contributed by atoms with E-state index in [4.69, 9.17) is 10.00 Å². The van der Waals surface area contributed by atoms with Crippen LogP contribution in [0.1, 0.15) is 22.5 Å². The van der Waals surface area contributed by atoms with E-state index in [1.165, 1.54) is 4.57 Å². The maximum absolute atomic E-state index is 12.0. The van der Waals surface area contributed by atoms with Gasteiger partial charge in [0.15, 0.2) is 5.78 Å². The number of hydrogen-bond acceptors (Lipinski definition) is 4. The molecule has 0 aliphatic carbocycles. The number of nitriles is 1. The molecule has 1 aromatic carbocycles. The fourth-order valence-corrected chi connectivity index (χ4v) is 1.87. The molecule has 0 atom stereocenters. The van der Waals surface area contributed by atoms with Crippen molar-refractivity contribution in [2.75, 3.05) is 0 Å². The number of ketones is 1. The molecule has 0 saturated heterocycles. The molecule has 5 heteroatoms. The van der Waals surface area contributed by atoms with E-state index in [9.17, 15) is 9.59 Å². The van der Waals surface area contributed by atoms with Crippen molar-refractivity contribution < 1.29 is 14.3 Å². The van der Waals surface area contributed by atoms with Crippen LogP contribution in [0.15, 0.2) is 48.7 Å². The van der Waals surface area contributed by atoms with Gasteiger partial charge in [-0.3, -0.25) is 4.79 Å². The van der Waals surface area contributed by atoms with Crippen LogP contribution in [0.5, 0.6) is 0 Å². The first-order valence-corrected chi connectivity index (χ1v) is 6.45. The molecule has 1 aromatic heterocycles. The third-order valence-electron chi connectivity index (χ3n) is 2.87. The molecule has 0 amide bonds. The smallest absolute Gasteiger partial charge is 0.355 e. The summed E-state index contributed by atoms with van der Waals surface area (Å²) in [5.41, 5.74) is 1.20. The van der Waals surface area contributed by atoms with E-state index >= 15 is 0 Å². The zero-order valence-corrected chi connectivity index (χ0v) is 11.4. The van der Waals surface area contributed by atoms with Gasteiger partial charge in [0.25, 0.3) is 0 Å². The second-order valence-electron chi connectivity index (χ2n) is 4.46. The van der Waals surface area contributed by atoms with Crippen LogP contribution in [0.4, 0.5) is 0 Å². The highest BCUT2D eigenvalue weighted by molar-refractivity contribution is 5.89. The molecule has 0 bridgehead atoms. The Morgan fingerprint density at radius 2 is 1.90 bits per heavy atom. The van der Waals surface area contributed by atoms with Crippen LogP contribution in [0.2, 0.25) is 0 Å². The van der Waals surface area contributed by atoms with E-state index in [0.29, 0.717) is 5.69 Å². The van der Waals surface area contributed by atoms with E-state index in [2.05, 4.69) is 0 Å². The number of Topliss-reactive ketones (excluding diaryl/α,β-unsaturated/α-hetero) is 1. The minimum absolute atomic E-state index is 0.00364. The molecule has 2 rings (SSSR count). The van der Waals surface area contributed by atoms with Gasteiger partial charge >= 0.3 is 5.97 Å². The summed E-state index contributed by atoms with van der Waals surface area (Å²) in [4.78, 5) is 23.5. The summed E-state index contributed by atoms with van der Waals surface area (Å²) in [6.45, 7) is 0.174. The standard InChI is InChI=1S/C16H14N2O3/c17-9-8-14(19)11-18-10-4-7-15(18)16(20)21-12-13-5-2-1-3-6-13/h1-7,10H,8,11-12H2. The predicted octanol–water partition coefficient (Wildman–Crippen LogP) is 2.33. The Morgan fingerprint density at radius 3 is 2.62 bits per heavy atom. The van der Waals surface area contributed by atoms with Gasteiger partial charge in [-0.2, -0.15) is 5.26 Å². The first-order chi connectivity index (χ1) is 10.2. The molecule has 0 N–H and O–H groups in total. The molecule has 0 aliphatic rings. The molecule has 106 valence electrons. The first-order valence-electron chi connectivity index (χ1n) is 6.45. The molecule has 0 spiro atoms. The van der Waals surface area contributed by atoms with Crippen LogP contribution in [0, 0.1) is 11.3 Å². The number of rotatable bonds is 6. The quantitative estimate of drug-likeness (QED) is 0.762. The van der Waals surface area contributed by atoms with Crippen LogP contribution >= 0.6 is 0 Å². The Balaban J connectivity index is 1.98. The number of esters is 1.